The predicted octanol–water partition coefficient (Wildman–Crippen LogP) is 3.28. The van der Waals surface area contributed by atoms with Crippen molar-refractivity contribution in [3.8, 4) is 0 Å². The van der Waals surface area contributed by atoms with Gasteiger partial charge in [-0.05, 0) is 34.1 Å². The highest BCUT2D eigenvalue weighted by molar-refractivity contribution is 9.11. The molecule has 0 aliphatic carbocycles. The molecule has 11 heavy (non-hydrogen) atoms. The lowest BCUT2D eigenvalue weighted by molar-refractivity contribution is 1.12. The Labute approximate surface area is 83.7 Å². The van der Waals surface area contributed by atoms with E-state index in [-0.39, 0.29) is 0 Å². The van der Waals surface area contributed by atoms with Crippen molar-refractivity contribution >= 4 is 37.5 Å². The molecule has 1 rings (SSSR count). The topological polar surface area (TPSA) is 3.24 Å². The van der Waals surface area contributed by atoms with Crippen molar-refractivity contribution in [2.75, 3.05) is 19.0 Å². The van der Waals surface area contributed by atoms with Gasteiger partial charge in [0.15, 0.2) is 0 Å². The van der Waals surface area contributed by atoms with Crippen LogP contribution in [-0.2, 0) is 0 Å². The summed E-state index contributed by atoms with van der Waals surface area (Å²) in [5, 5.41) is 0. The van der Waals surface area contributed by atoms with Crippen LogP contribution in [0.3, 0.4) is 0 Å². The lowest BCUT2D eigenvalue weighted by Gasteiger charge is -2.14. The van der Waals surface area contributed by atoms with Crippen molar-refractivity contribution in [1.82, 2.24) is 0 Å². The Morgan fingerprint density at radius 1 is 1.18 bits per heavy atom. The lowest BCUT2D eigenvalue weighted by atomic mass is 10.3. The first-order valence-corrected chi connectivity index (χ1v) is 4.82. The fraction of sp³-hybridized carbons (Fsp3) is 0.250. The highest BCUT2D eigenvalue weighted by Crippen LogP contribution is 2.27. The maximum Gasteiger partial charge on any atom is 0.0506 e. The fourth-order valence-electron chi connectivity index (χ4n) is 0.844. The largest absolute Gasteiger partial charge is 0.377 e. The monoisotopic (exact) mass is 277 g/mol. The van der Waals surface area contributed by atoms with Crippen LogP contribution in [0.1, 0.15) is 0 Å². The smallest absolute Gasteiger partial charge is 0.0506 e. The third kappa shape index (κ3) is 2.20. The zero-order chi connectivity index (χ0) is 8.43. The first kappa shape index (κ1) is 9.07. The number of anilines is 1. The summed E-state index contributed by atoms with van der Waals surface area (Å²) in [5.41, 5.74) is 1.19. The molecule has 0 aromatic heterocycles. The van der Waals surface area contributed by atoms with Crippen molar-refractivity contribution in [3.63, 3.8) is 0 Å². The van der Waals surface area contributed by atoms with Crippen LogP contribution in [0.4, 0.5) is 5.69 Å². The van der Waals surface area contributed by atoms with Crippen molar-refractivity contribution in [2.45, 2.75) is 0 Å². The molecule has 0 atom stereocenters. The normalized spacial score (nSPS) is 9.82. The summed E-state index contributed by atoms with van der Waals surface area (Å²) < 4.78 is 2.20. The maximum absolute atomic E-state index is 3.48. The van der Waals surface area contributed by atoms with Gasteiger partial charge in [-0.25, -0.2) is 0 Å². The Hall–Kier alpha value is -0.0200. The second-order valence-corrected chi connectivity index (χ2v) is 4.26. The molecule has 1 aromatic rings. The highest BCUT2D eigenvalue weighted by Gasteiger charge is 2.00. The number of nitrogens with zero attached hydrogens (tertiary/aromatic N) is 1. The molecule has 0 heterocycles. The van der Waals surface area contributed by atoms with Crippen molar-refractivity contribution in [1.29, 1.82) is 0 Å². The molecule has 60 valence electrons. The molecule has 0 fully saturated rings. The van der Waals surface area contributed by atoms with E-state index in [0.29, 0.717) is 0 Å². The van der Waals surface area contributed by atoms with E-state index in [1.807, 2.05) is 26.2 Å². The van der Waals surface area contributed by atoms with Crippen LogP contribution in [0.25, 0.3) is 0 Å². The van der Waals surface area contributed by atoms with Gasteiger partial charge in [-0.1, -0.05) is 15.9 Å². The summed E-state index contributed by atoms with van der Waals surface area (Å²) >= 11 is 6.87. The minimum atomic E-state index is 1.09. The van der Waals surface area contributed by atoms with E-state index < -0.39 is 0 Å². The molecular weight excluding hydrogens is 270 g/mol. The molecule has 3 heteroatoms. The van der Waals surface area contributed by atoms with Crippen molar-refractivity contribution in [2.24, 2.45) is 0 Å². The maximum atomic E-state index is 3.48. The second kappa shape index (κ2) is 3.59. The Bertz CT molecular complexity index is 258. The zero-order valence-corrected chi connectivity index (χ0v) is 9.61. The van der Waals surface area contributed by atoms with E-state index in [1.165, 1.54) is 5.69 Å². The van der Waals surface area contributed by atoms with Crippen LogP contribution in [0.5, 0.6) is 0 Å². The summed E-state index contributed by atoms with van der Waals surface area (Å²) in [6.07, 6.45) is 0. The number of hydrogen-bond donors (Lipinski definition) is 0. The molecule has 1 nitrogen and oxygen atoms in total. The average Bonchev–Trinajstić information content (AvgIpc) is 1.85. The Morgan fingerprint density at radius 3 is 2.27 bits per heavy atom. The molecule has 0 radical (unpaired) electrons. The first-order chi connectivity index (χ1) is 5.11. The Kier molecular flexibility index (Phi) is 2.96. The van der Waals surface area contributed by atoms with Crippen molar-refractivity contribution in [3.05, 3.63) is 27.1 Å². The molecule has 0 N–H and O–H groups in total. The molecule has 0 aliphatic heterocycles. The van der Waals surface area contributed by atoms with Crippen LogP contribution < -0.4 is 4.90 Å². The average molecular weight is 279 g/mol. The minimum Gasteiger partial charge on any atom is -0.377 e. The zero-order valence-electron chi connectivity index (χ0n) is 6.44. The molecule has 0 saturated heterocycles. The summed E-state index contributed by atoms with van der Waals surface area (Å²) in [7, 11) is 4.04. The molecule has 0 bridgehead atoms. The van der Waals surface area contributed by atoms with Gasteiger partial charge in [-0.3, -0.25) is 0 Å². The Morgan fingerprint density at radius 2 is 1.82 bits per heavy atom. The molecule has 0 amide bonds. The summed E-state index contributed by atoms with van der Waals surface area (Å²) in [4.78, 5) is 2.07. The number of halogens is 2. The van der Waals surface area contributed by atoms with Gasteiger partial charge in [0.1, 0.15) is 0 Å². The number of rotatable bonds is 1. The first-order valence-electron chi connectivity index (χ1n) is 3.23. The van der Waals surface area contributed by atoms with E-state index in [2.05, 4.69) is 42.8 Å². The predicted molar refractivity (Wildman–Crippen MR) is 56.2 cm³/mol. The van der Waals surface area contributed by atoms with E-state index in [4.69, 9.17) is 0 Å². The third-order valence-corrected chi connectivity index (χ3v) is 2.52. The summed E-state index contributed by atoms with van der Waals surface area (Å²) in [6, 6.07) is 6.13. The molecule has 0 aliphatic rings. The van der Waals surface area contributed by atoms with Crippen LogP contribution in [-0.4, -0.2) is 14.1 Å². The van der Waals surface area contributed by atoms with E-state index in [0.717, 1.165) is 8.95 Å². The molecule has 0 saturated carbocycles. The second-order valence-electron chi connectivity index (χ2n) is 2.49. The van der Waals surface area contributed by atoms with Gasteiger partial charge in [-0.2, -0.15) is 0 Å². The van der Waals surface area contributed by atoms with Gasteiger partial charge >= 0.3 is 0 Å². The van der Waals surface area contributed by atoms with Gasteiger partial charge in [0.2, 0.25) is 0 Å². The minimum absolute atomic E-state index is 1.09. The van der Waals surface area contributed by atoms with Gasteiger partial charge in [0, 0.05) is 23.0 Å². The van der Waals surface area contributed by atoms with Gasteiger partial charge in [0.25, 0.3) is 0 Å². The SMILES string of the molecule is CN(C)c1ccc(Br)cc1Br. The third-order valence-electron chi connectivity index (χ3n) is 1.39. The molecule has 0 spiro atoms. The standard InChI is InChI=1S/C8H9Br2N/c1-11(2)8-4-3-6(9)5-7(8)10/h3-5H,1-2H3. The van der Waals surface area contributed by atoms with Crippen LogP contribution >= 0.6 is 31.9 Å². The number of benzene rings is 1. The van der Waals surface area contributed by atoms with E-state index >= 15 is 0 Å². The molecular formula is C8H9Br2N. The quantitative estimate of drug-likeness (QED) is 0.762. The van der Waals surface area contributed by atoms with E-state index in [9.17, 15) is 0 Å². The van der Waals surface area contributed by atoms with Crippen LogP contribution in [0.2, 0.25) is 0 Å². The van der Waals surface area contributed by atoms with Crippen molar-refractivity contribution < 1.29 is 0 Å². The fourth-order valence-corrected chi connectivity index (χ4v) is 2.25. The van der Waals surface area contributed by atoms with Crippen LogP contribution in [0.15, 0.2) is 27.1 Å². The lowest BCUT2D eigenvalue weighted by Crippen LogP contribution is -2.08. The van der Waals surface area contributed by atoms with Gasteiger partial charge in [0.05, 0.1) is 5.69 Å². The molecule has 0 unspecified atom stereocenters. The van der Waals surface area contributed by atoms with Gasteiger partial charge in [-0.15, -0.1) is 0 Å². The summed E-state index contributed by atoms with van der Waals surface area (Å²) in [5.74, 6) is 0. The number of hydrogen-bond acceptors (Lipinski definition) is 1. The van der Waals surface area contributed by atoms with Crippen LogP contribution in [0, 0.1) is 0 Å². The molecule has 1 aromatic carbocycles. The highest BCUT2D eigenvalue weighted by atomic mass is 79.9. The summed E-state index contributed by atoms with van der Waals surface area (Å²) in [6.45, 7) is 0. The van der Waals surface area contributed by atoms with Gasteiger partial charge < -0.3 is 4.90 Å². The Balaban J connectivity index is 3.09. The van der Waals surface area contributed by atoms with E-state index in [1.54, 1.807) is 0 Å².